The Morgan fingerprint density at radius 1 is 1.31 bits per heavy atom. The lowest BCUT2D eigenvalue weighted by Gasteiger charge is -2.16. The van der Waals surface area contributed by atoms with Crippen LogP contribution in [0.5, 0.6) is 0 Å². The van der Waals surface area contributed by atoms with Crippen LogP contribution in [0.3, 0.4) is 0 Å². The summed E-state index contributed by atoms with van der Waals surface area (Å²) in [5, 5.41) is 0. The minimum atomic E-state index is -3.21. The van der Waals surface area contributed by atoms with Gasteiger partial charge in [-0.15, -0.1) is 0 Å². The molecule has 0 fully saturated rings. The number of alkyl halides is 2. The van der Waals surface area contributed by atoms with Crippen LogP contribution in [0.1, 0.15) is 13.8 Å². The maximum atomic E-state index is 12.2. The Bertz CT molecular complexity index is 286. The van der Waals surface area contributed by atoms with Crippen molar-refractivity contribution in [2.24, 2.45) is 0 Å². The summed E-state index contributed by atoms with van der Waals surface area (Å²) in [7, 11) is 1.04. The molecule has 92 valence electrons. The first-order chi connectivity index (χ1) is 7.47. The van der Waals surface area contributed by atoms with E-state index < -0.39 is 23.8 Å². The average Bonchev–Trinajstić information content (AvgIpc) is 2.29. The fourth-order valence-corrected chi connectivity index (χ4v) is 1.03. The monoisotopic (exact) mass is 235 g/mol. The van der Waals surface area contributed by atoms with Gasteiger partial charge >= 0.3 is 12.4 Å². The molecule has 0 N–H and O–H groups in total. The molecule has 0 bridgehead atoms. The highest BCUT2D eigenvalue weighted by atomic mass is 19.3. The van der Waals surface area contributed by atoms with Gasteiger partial charge in [0.05, 0.1) is 7.11 Å². The molecular weight excluding hydrogens is 220 g/mol. The summed E-state index contributed by atoms with van der Waals surface area (Å²) >= 11 is 0. The van der Waals surface area contributed by atoms with Crippen LogP contribution in [0.4, 0.5) is 8.78 Å². The minimum absolute atomic E-state index is 0.507. The normalized spacial score (nSPS) is 11.5. The Balaban J connectivity index is 5.08. The van der Waals surface area contributed by atoms with Crippen molar-refractivity contribution in [1.29, 1.82) is 0 Å². The number of ether oxygens (including phenoxy) is 1. The second kappa shape index (κ2) is 6.92. The van der Waals surface area contributed by atoms with E-state index in [-0.39, 0.29) is 0 Å². The van der Waals surface area contributed by atoms with Gasteiger partial charge in [-0.1, -0.05) is 0 Å². The summed E-state index contributed by atoms with van der Waals surface area (Å²) in [4.78, 5) is 23.8. The second-order valence-corrected chi connectivity index (χ2v) is 2.92. The molecule has 0 unspecified atom stereocenters. The smallest absolute Gasteiger partial charge is 0.343 e. The lowest BCUT2D eigenvalue weighted by molar-refractivity contribution is -0.140. The van der Waals surface area contributed by atoms with Gasteiger partial charge in [-0.2, -0.15) is 0 Å². The summed E-state index contributed by atoms with van der Waals surface area (Å²) in [5.41, 5.74) is -0.624. The molecule has 0 aliphatic carbocycles. The molecule has 4 nitrogen and oxygen atoms in total. The van der Waals surface area contributed by atoms with E-state index in [1.54, 1.807) is 18.7 Å². The third-order valence-corrected chi connectivity index (χ3v) is 1.99. The zero-order valence-corrected chi connectivity index (χ0v) is 9.50. The van der Waals surface area contributed by atoms with E-state index in [1.165, 1.54) is 0 Å². The molecule has 0 saturated heterocycles. The fraction of sp³-hybridized carbons (Fsp3) is 0.600. The lowest BCUT2D eigenvalue weighted by Crippen LogP contribution is -2.25. The number of nitrogens with zero attached hydrogens (tertiary/aromatic N) is 1. The lowest BCUT2D eigenvalue weighted by atomic mass is 10.2. The molecule has 0 aromatic rings. The molecule has 0 rings (SSSR count). The van der Waals surface area contributed by atoms with E-state index >= 15 is 0 Å². The summed E-state index contributed by atoms with van der Waals surface area (Å²) in [6.07, 6.45) is -2.10. The van der Waals surface area contributed by atoms with E-state index in [0.29, 0.717) is 13.1 Å². The molecule has 0 aliphatic rings. The molecule has 0 aromatic heterocycles. The highest BCUT2D eigenvalue weighted by Crippen LogP contribution is 2.09. The third kappa shape index (κ3) is 3.96. The molecule has 16 heavy (non-hydrogen) atoms. The van der Waals surface area contributed by atoms with E-state index in [1.807, 2.05) is 0 Å². The van der Waals surface area contributed by atoms with E-state index in [0.717, 1.165) is 13.3 Å². The summed E-state index contributed by atoms with van der Waals surface area (Å²) < 4.78 is 28.7. The number of esters is 1. The number of halogens is 2. The number of carbonyl (C=O) groups excluding carboxylic acids is 2. The van der Waals surface area contributed by atoms with Gasteiger partial charge in [-0.25, -0.2) is 13.6 Å². The van der Waals surface area contributed by atoms with Gasteiger partial charge in [0.1, 0.15) is 5.57 Å². The van der Waals surface area contributed by atoms with Gasteiger partial charge in [0.2, 0.25) is 5.78 Å². The van der Waals surface area contributed by atoms with Crippen molar-refractivity contribution in [1.82, 2.24) is 4.90 Å². The van der Waals surface area contributed by atoms with Crippen molar-refractivity contribution >= 4 is 11.8 Å². The second-order valence-electron chi connectivity index (χ2n) is 2.92. The maximum Gasteiger partial charge on any atom is 0.343 e. The van der Waals surface area contributed by atoms with E-state index in [9.17, 15) is 18.4 Å². The Morgan fingerprint density at radius 2 is 1.81 bits per heavy atom. The van der Waals surface area contributed by atoms with Crippen LogP contribution in [-0.4, -0.2) is 43.3 Å². The molecule has 0 radical (unpaired) electrons. The zero-order valence-electron chi connectivity index (χ0n) is 9.50. The van der Waals surface area contributed by atoms with Crippen LogP contribution in [-0.2, 0) is 14.3 Å². The van der Waals surface area contributed by atoms with Crippen molar-refractivity contribution in [2.45, 2.75) is 20.3 Å². The molecule has 0 spiro atoms. The Morgan fingerprint density at radius 3 is 2.12 bits per heavy atom. The summed E-state index contributed by atoms with van der Waals surface area (Å²) in [6.45, 7) is 4.57. The third-order valence-electron chi connectivity index (χ3n) is 1.99. The van der Waals surface area contributed by atoms with Gasteiger partial charge in [-0.3, -0.25) is 4.79 Å². The predicted molar refractivity (Wildman–Crippen MR) is 54.0 cm³/mol. The number of ketones is 1. The Labute approximate surface area is 92.9 Å². The van der Waals surface area contributed by atoms with Crippen LogP contribution in [0.2, 0.25) is 0 Å². The van der Waals surface area contributed by atoms with E-state index in [4.69, 9.17) is 0 Å². The summed E-state index contributed by atoms with van der Waals surface area (Å²) in [5.74, 6) is -2.56. The van der Waals surface area contributed by atoms with Crippen molar-refractivity contribution < 1.29 is 23.1 Å². The van der Waals surface area contributed by atoms with Gasteiger partial charge < -0.3 is 9.64 Å². The first-order valence-electron chi connectivity index (χ1n) is 4.84. The van der Waals surface area contributed by atoms with Crippen molar-refractivity contribution in [3.8, 4) is 0 Å². The first-order valence-corrected chi connectivity index (χ1v) is 4.84. The van der Waals surface area contributed by atoms with Gasteiger partial charge in [-0.05, 0) is 13.8 Å². The fourth-order valence-electron chi connectivity index (χ4n) is 1.03. The molecule has 0 atom stereocenters. The number of carbonyl (C=O) groups is 2. The first kappa shape index (κ1) is 14.5. The number of rotatable bonds is 6. The topological polar surface area (TPSA) is 46.6 Å². The molecule has 0 heterocycles. The zero-order chi connectivity index (χ0) is 12.7. The number of hydrogen-bond acceptors (Lipinski definition) is 4. The van der Waals surface area contributed by atoms with Crippen molar-refractivity contribution in [3.63, 3.8) is 0 Å². The predicted octanol–water partition coefficient (Wildman–Crippen LogP) is 1.22. The highest BCUT2D eigenvalue weighted by molar-refractivity contribution is 6.18. The van der Waals surface area contributed by atoms with Crippen LogP contribution in [0.15, 0.2) is 11.8 Å². The van der Waals surface area contributed by atoms with Crippen molar-refractivity contribution in [3.05, 3.63) is 11.8 Å². The van der Waals surface area contributed by atoms with Gasteiger partial charge in [0, 0.05) is 19.3 Å². The summed E-state index contributed by atoms with van der Waals surface area (Å²) in [6, 6.07) is 0. The van der Waals surface area contributed by atoms with Crippen molar-refractivity contribution in [2.75, 3.05) is 20.2 Å². The van der Waals surface area contributed by atoms with Gasteiger partial charge in [0.25, 0.3) is 0 Å². The Hall–Kier alpha value is -1.46. The largest absolute Gasteiger partial charge is 0.465 e. The minimum Gasteiger partial charge on any atom is -0.465 e. The van der Waals surface area contributed by atoms with Crippen LogP contribution in [0.25, 0.3) is 0 Å². The number of methoxy groups -OCH3 is 1. The van der Waals surface area contributed by atoms with Crippen LogP contribution >= 0.6 is 0 Å². The maximum absolute atomic E-state index is 12.2. The average molecular weight is 235 g/mol. The molecule has 0 aliphatic heterocycles. The van der Waals surface area contributed by atoms with Crippen LogP contribution < -0.4 is 0 Å². The van der Waals surface area contributed by atoms with Gasteiger partial charge in [0.15, 0.2) is 0 Å². The number of Topliss-reactive ketones (excluding diaryl/α,β-unsaturated/α-hetero) is 1. The highest BCUT2D eigenvalue weighted by Gasteiger charge is 2.27. The molecule has 0 saturated carbocycles. The number of hydrogen-bond donors (Lipinski definition) is 0. The quantitative estimate of drug-likeness (QED) is 0.300. The molecule has 0 amide bonds. The standard InChI is InChI=1S/C10H15F2NO3/c1-4-13(5-2)6-7(10(15)16-3)8(14)9(11)12/h6,9H,4-5H2,1-3H3/b7-6+. The van der Waals surface area contributed by atoms with Crippen LogP contribution in [0, 0.1) is 0 Å². The molecular formula is C10H15F2NO3. The van der Waals surface area contributed by atoms with E-state index in [2.05, 4.69) is 4.74 Å². The molecule has 0 aromatic carbocycles. The Kier molecular flexibility index (Phi) is 6.29. The molecule has 6 heteroatoms. The SMILES string of the molecule is CCN(/C=C(/C(=O)OC)C(=O)C(F)F)CC.